The second-order valence-corrected chi connectivity index (χ2v) is 6.42. The summed E-state index contributed by atoms with van der Waals surface area (Å²) >= 11 is 0. The van der Waals surface area contributed by atoms with Gasteiger partial charge in [0.05, 0.1) is 24.3 Å². The molecule has 2 atom stereocenters. The maximum absolute atomic E-state index is 12.2. The summed E-state index contributed by atoms with van der Waals surface area (Å²) in [6.07, 6.45) is 2.35. The molecule has 0 spiro atoms. The number of nitrogen functional groups attached to an aromatic ring is 1. The van der Waals surface area contributed by atoms with E-state index < -0.39 is 0 Å². The molecule has 1 saturated heterocycles. The van der Waals surface area contributed by atoms with Crippen molar-refractivity contribution in [2.75, 3.05) is 24.3 Å². The number of nitrogens with two attached hydrogens (primary N) is 2. The Morgan fingerprint density at radius 1 is 1.37 bits per heavy atom. The summed E-state index contributed by atoms with van der Waals surface area (Å²) in [6.45, 7) is 3.16. The number of anilines is 2. The number of nitrogens with one attached hydrogen (secondary N) is 2. The van der Waals surface area contributed by atoms with Crippen LogP contribution in [0.15, 0.2) is 47.6 Å². The summed E-state index contributed by atoms with van der Waals surface area (Å²) in [5.74, 6) is 0.662. The fraction of sp³-hybridized carbons (Fsp3) is 0.316. The molecule has 2 heterocycles. The van der Waals surface area contributed by atoms with Gasteiger partial charge in [0, 0.05) is 24.6 Å². The lowest BCUT2D eigenvalue weighted by atomic mass is 10.1. The second-order valence-electron chi connectivity index (χ2n) is 6.42. The van der Waals surface area contributed by atoms with E-state index >= 15 is 0 Å². The number of benzene rings is 1. The monoisotopic (exact) mass is 368 g/mol. The van der Waals surface area contributed by atoms with Crippen LogP contribution in [-0.4, -0.2) is 36.1 Å². The molecule has 0 radical (unpaired) electrons. The fourth-order valence-corrected chi connectivity index (χ4v) is 2.82. The predicted octanol–water partition coefficient (Wildman–Crippen LogP) is 2.04. The van der Waals surface area contributed by atoms with Crippen LogP contribution >= 0.6 is 0 Å². The zero-order chi connectivity index (χ0) is 19.2. The van der Waals surface area contributed by atoms with Gasteiger partial charge in [-0.05, 0) is 18.9 Å². The number of pyridine rings is 1. The third-order valence-corrected chi connectivity index (χ3v) is 4.33. The molecule has 1 unspecified atom stereocenters. The fourth-order valence-electron chi connectivity index (χ4n) is 2.82. The molecule has 2 amide bonds. The highest BCUT2D eigenvalue weighted by Gasteiger charge is 2.16. The zero-order valence-electron chi connectivity index (χ0n) is 15.2. The topological polar surface area (TPSA) is 128 Å². The van der Waals surface area contributed by atoms with E-state index in [2.05, 4.69) is 20.6 Å². The average Bonchev–Trinajstić information content (AvgIpc) is 3.15. The normalized spacial score (nSPS) is 18.1. The number of amidine groups is 1. The van der Waals surface area contributed by atoms with Gasteiger partial charge in [0.25, 0.3) is 0 Å². The number of rotatable bonds is 5. The maximum Gasteiger partial charge on any atom is 0.320 e. The number of hydrogen-bond acceptors (Lipinski definition) is 5. The Balaban J connectivity index is 1.62. The highest BCUT2D eigenvalue weighted by Crippen LogP contribution is 2.17. The molecule has 1 aliphatic heterocycles. The van der Waals surface area contributed by atoms with Crippen molar-refractivity contribution in [3.63, 3.8) is 0 Å². The first-order chi connectivity index (χ1) is 13.0. The highest BCUT2D eigenvalue weighted by molar-refractivity contribution is 6.02. The van der Waals surface area contributed by atoms with Crippen molar-refractivity contribution in [1.29, 1.82) is 0 Å². The number of urea groups is 1. The minimum absolute atomic E-state index is 0.0486. The average molecular weight is 368 g/mol. The molecule has 0 bridgehead atoms. The Kier molecular flexibility index (Phi) is 5.87. The van der Waals surface area contributed by atoms with Crippen LogP contribution in [-0.2, 0) is 4.74 Å². The third kappa shape index (κ3) is 4.95. The maximum atomic E-state index is 12.2. The molecular formula is C19H24N6O2. The number of ether oxygens (including phenoxy) is 1. The van der Waals surface area contributed by atoms with Gasteiger partial charge < -0.3 is 21.5 Å². The molecule has 142 valence electrons. The number of aliphatic imine (C=N–C) groups is 1. The molecule has 6 N–H and O–H groups in total. The minimum atomic E-state index is -0.365. The summed E-state index contributed by atoms with van der Waals surface area (Å²) in [4.78, 5) is 20.8. The molecule has 8 heteroatoms. The van der Waals surface area contributed by atoms with Crippen LogP contribution in [0.4, 0.5) is 16.3 Å². The first-order valence-electron chi connectivity index (χ1n) is 8.82. The Morgan fingerprint density at radius 3 is 2.81 bits per heavy atom. The van der Waals surface area contributed by atoms with E-state index in [1.807, 2.05) is 37.3 Å². The molecule has 8 nitrogen and oxygen atoms in total. The predicted molar refractivity (Wildman–Crippen MR) is 106 cm³/mol. The van der Waals surface area contributed by atoms with Crippen molar-refractivity contribution in [3.8, 4) is 0 Å². The van der Waals surface area contributed by atoms with Gasteiger partial charge in [0.1, 0.15) is 11.7 Å². The number of nitrogens with zero attached hydrogens (tertiary/aromatic N) is 2. The number of carbonyl (C=O) groups is 1. The smallest absolute Gasteiger partial charge is 0.320 e. The molecule has 3 rings (SSSR count). The van der Waals surface area contributed by atoms with Crippen LogP contribution in [0, 0.1) is 0 Å². The lowest BCUT2D eigenvalue weighted by molar-refractivity contribution is 0.194. The Bertz CT molecular complexity index is 818. The van der Waals surface area contributed by atoms with Gasteiger partial charge in [0.15, 0.2) is 0 Å². The van der Waals surface area contributed by atoms with Crippen molar-refractivity contribution in [1.82, 2.24) is 10.3 Å². The molecule has 1 fully saturated rings. The van der Waals surface area contributed by atoms with Gasteiger partial charge in [-0.1, -0.05) is 30.3 Å². The molecule has 1 aliphatic rings. The first-order valence-corrected chi connectivity index (χ1v) is 8.82. The Labute approximate surface area is 158 Å². The summed E-state index contributed by atoms with van der Waals surface area (Å²) < 4.78 is 5.29. The SMILES string of the molecule is C[C@@H](NC(=O)Nc1cc(N)c(C(N)=NC2CCOC2)cn1)c1ccccc1. The van der Waals surface area contributed by atoms with Crippen molar-refractivity contribution in [2.45, 2.75) is 25.4 Å². The molecule has 1 aromatic heterocycles. The number of amides is 2. The van der Waals surface area contributed by atoms with Gasteiger partial charge in [-0.3, -0.25) is 10.3 Å². The van der Waals surface area contributed by atoms with E-state index in [1.165, 1.54) is 6.20 Å². The van der Waals surface area contributed by atoms with Crippen molar-refractivity contribution in [3.05, 3.63) is 53.7 Å². The highest BCUT2D eigenvalue weighted by atomic mass is 16.5. The molecule has 0 aliphatic carbocycles. The largest absolute Gasteiger partial charge is 0.398 e. The van der Waals surface area contributed by atoms with Gasteiger partial charge in [-0.25, -0.2) is 9.78 Å². The minimum Gasteiger partial charge on any atom is -0.398 e. The van der Waals surface area contributed by atoms with Crippen LogP contribution in [0.5, 0.6) is 0 Å². The zero-order valence-corrected chi connectivity index (χ0v) is 15.2. The summed E-state index contributed by atoms with van der Waals surface area (Å²) in [5.41, 5.74) is 14.0. The van der Waals surface area contributed by atoms with Crippen molar-refractivity contribution >= 4 is 23.4 Å². The molecule has 0 saturated carbocycles. The van der Waals surface area contributed by atoms with E-state index in [9.17, 15) is 4.79 Å². The molecule has 2 aromatic rings. The van der Waals surface area contributed by atoms with Crippen LogP contribution in [0.1, 0.15) is 30.5 Å². The van der Waals surface area contributed by atoms with Crippen LogP contribution in [0.25, 0.3) is 0 Å². The Morgan fingerprint density at radius 2 is 2.15 bits per heavy atom. The van der Waals surface area contributed by atoms with E-state index in [1.54, 1.807) is 6.07 Å². The summed E-state index contributed by atoms with van der Waals surface area (Å²) in [5, 5.41) is 5.54. The van der Waals surface area contributed by atoms with Crippen LogP contribution in [0.3, 0.4) is 0 Å². The van der Waals surface area contributed by atoms with Crippen LogP contribution < -0.4 is 22.1 Å². The number of aromatic nitrogens is 1. The standard InChI is InChI=1S/C19H24N6O2/c1-12(13-5-3-2-4-6-13)23-19(26)25-17-9-16(20)15(10-22-17)18(21)24-14-7-8-27-11-14/h2-6,9-10,12,14H,7-8,11H2,1H3,(H2,21,24)(H4,20,22,23,25,26)/t12-,14?/m1/s1. The van der Waals surface area contributed by atoms with E-state index in [4.69, 9.17) is 16.2 Å². The lowest BCUT2D eigenvalue weighted by Gasteiger charge is -2.15. The third-order valence-electron chi connectivity index (χ3n) is 4.33. The van der Waals surface area contributed by atoms with Crippen molar-refractivity contribution < 1.29 is 9.53 Å². The van der Waals surface area contributed by atoms with Crippen LogP contribution in [0.2, 0.25) is 0 Å². The number of carbonyl (C=O) groups excluding carboxylic acids is 1. The summed E-state index contributed by atoms with van der Waals surface area (Å²) in [7, 11) is 0. The molecular weight excluding hydrogens is 344 g/mol. The van der Waals surface area contributed by atoms with Gasteiger partial charge >= 0.3 is 6.03 Å². The quantitative estimate of drug-likeness (QED) is 0.474. The van der Waals surface area contributed by atoms with Gasteiger partial charge in [-0.15, -0.1) is 0 Å². The first kappa shape index (κ1) is 18.7. The van der Waals surface area contributed by atoms with Gasteiger partial charge in [-0.2, -0.15) is 0 Å². The number of hydrogen-bond donors (Lipinski definition) is 4. The molecule has 27 heavy (non-hydrogen) atoms. The van der Waals surface area contributed by atoms with E-state index in [0.717, 1.165) is 12.0 Å². The molecule has 1 aromatic carbocycles. The van der Waals surface area contributed by atoms with Gasteiger partial charge in [0.2, 0.25) is 0 Å². The summed E-state index contributed by atoms with van der Waals surface area (Å²) in [6, 6.07) is 10.8. The van der Waals surface area contributed by atoms with E-state index in [0.29, 0.717) is 36.1 Å². The Hall–Kier alpha value is -3.13. The van der Waals surface area contributed by atoms with Crippen molar-refractivity contribution in [2.24, 2.45) is 10.7 Å². The second kappa shape index (κ2) is 8.50. The van der Waals surface area contributed by atoms with E-state index in [-0.39, 0.29) is 18.1 Å². The lowest BCUT2D eigenvalue weighted by Crippen LogP contribution is -2.31.